The van der Waals surface area contributed by atoms with Crippen LogP contribution in [0, 0.1) is 0 Å². The van der Waals surface area contributed by atoms with E-state index in [9.17, 15) is 14.7 Å². The van der Waals surface area contributed by atoms with Crippen molar-refractivity contribution in [2.24, 2.45) is 0 Å². The number of ether oxygens (including phenoxy) is 1. The smallest absolute Gasteiger partial charge is 0.412 e. The first-order chi connectivity index (χ1) is 9.64. The average Bonchev–Trinajstić information content (AvgIpc) is 2.29. The molecule has 0 aliphatic carbocycles. The van der Waals surface area contributed by atoms with Crippen LogP contribution in [0.25, 0.3) is 0 Å². The van der Waals surface area contributed by atoms with Gasteiger partial charge in [-0.15, -0.1) is 0 Å². The minimum absolute atomic E-state index is 0.169. The van der Waals surface area contributed by atoms with Crippen molar-refractivity contribution in [1.82, 2.24) is 0 Å². The Hall–Kier alpha value is -2.24. The highest BCUT2D eigenvalue weighted by Gasteiger charge is 2.22. The Balaban J connectivity index is 2.88. The molecule has 0 aromatic heterocycles. The van der Waals surface area contributed by atoms with Crippen LogP contribution in [-0.2, 0) is 9.53 Å². The molecule has 6 heteroatoms. The van der Waals surface area contributed by atoms with Gasteiger partial charge in [-0.25, -0.2) is 4.79 Å². The van der Waals surface area contributed by atoms with Gasteiger partial charge in [-0.3, -0.25) is 10.1 Å². The Bertz CT molecular complexity index is 533. The molecule has 0 radical (unpaired) electrons. The minimum Gasteiger partial charge on any atom is -0.508 e. The molecule has 1 unspecified atom stereocenters. The lowest BCUT2D eigenvalue weighted by Crippen LogP contribution is -2.27. The Kier molecular flexibility index (Phi) is 5.18. The number of carboxylic acids is 1. The van der Waals surface area contributed by atoms with Crippen molar-refractivity contribution in [3.63, 3.8) is 0 Å². The highest BCUT2D eigenvalue weighted by atomic mass is 16.6. The quantitative estimate of drug-likeness (QED) is 0.792. The lowest BCUT2D eigenvalue weighted by Gasteiger charge is -2.20. The Morgan fingerprint density at radius 2 is 1.95 bits per heavy atom. The third-order valence-electron chi connectivity index (χ3n) is 2.76. The van der Waals surface area contributed by atoms with Gasteiger partial charge in [0.15, 0.2) is 0 Å². The normalized spacial score (nSPS) is 12.6. The van der Waals surface area contributed by atoms with Crippen LogP contribution < -0.4 is 5.32 Å². The zero-order chi connectivity index (χ0) is 16.2. The third kappa shape index (κ3) is 4.98. The van der Waals surface area contributed by atoms with Gasteiger partial charge >= 0.3 is 12.1 Å². The molecule has 0 spiro atoms. The van der Waals surface area contributed by atoms with Crippen LogP contribution in [0.1, 0.15) is 45.6 Å². The summed E-state index contributed by atoms with van der Waals surface area (Å²) in [6, 6.07) is 4.33. The Morgan fingerprint density at radius 1 is 1.33 bits per heavy atom. The molecular weight excluding hydrogens is 274 g/mol. The number of aliphatic carboxylic acids is 1. The summed E-state index contributed by atoms with van der Waals surface area (Å²) in [6.45, 7) is 6.95. The number of rotatable bonds is 4. The van der Waals surface area contributed by atoms with Gasteiger partial charge in [0.05, 0.1) is 5.92 Å². The van der Waals surface area contributed by atoms with E-state index in [0.29, 0.717) is 17.7 Å². The fourth-order valence-electron chi connectivity index (χ4n) is 1.87. The molecule has 1 aromatic rings. The molecule has 21 heavy (non-hydrogen) atoms. The number of hydrogen-bond acceptors (Lipinski definition) is 4. The Labute approximate surface area is 123 Å². The van der Waals surface area contributed by atoms with Gasteiger partial charge in [-0.1, -0.05) is 13.0 Å². The lowest BCUT2D eigenvalue weighted by molar-refractivity contribution is -0.138. The van der Waals surface area contributed by atoms with Crippen molar-refractivity contribution in [2.75, 3.05) is 5.32 Å². The molecular formula is C15H21NO5. The van der Waals surface area contributed by atoms with Gasteiger partial charge < -0.3 is 14.9 Å². The van der Waals surface area contributed by atoms with Gasteiger partial charge in [-0.2, -0.15) is 0 Å². The number of carbonyl (C=O) groups is 2. The van der Waals surface area contributed by atoms with Crippen LogP contribution >= 0.6 is 0 Å². The first-order valence-corrected chi connectivity index (χ1v) is 6.69. The minimum atomic E-state index is -0.999. The number of nitrogens with one attached hydrogen (secondary N) is 1. The van der Waals surface area contributed by atoms with Crippen molar-refractivity contribution in [3.8, 4) is 5.75 Å². The predicted molar refractivity (Wildman–Crippen MR) is 78.6 cm³/mol. The van der Waals surface area contributed by atoms with Crippen LogP contribution in [0.4, 0.5) is 10.5 Å². The molecule has 1 amide bonds. The van der Waals surface area contributed by atoms with Crippen molar-refractivity contribution in [3.05, 3.63) is 23.8 Å². The van der Waals surface area contributed by atoms with Crippen LogP contribution in [0.15, 0.2) is 18.2 Å². The van der Waals surface area contributed by atoms with E-state index >= 15 is 0 Å². The average molecular weight is 295 g/mol. The summed E-state index contributed by atoms with van der Waals surface area (Å²) in [5, 5.41) is 21.5. The fraction of sp³-hybridized carbons (Fsp3) is 0.467. The molecule has 1 rings (SSSR count). The van der Waals surface area contributed by atoms with E-state index in [0.717, 1.165) is 0 Å². The molecule has 1 aromatic carbocycles. The third-order valence-corrected chi connectivity index (χ3v) is 2.76. The van der Waals surface area contributed by atoms with Crippen LogP contribution in [0.5, 0.6) is 5.75 Å². The molecule has 0 bridgehead atoms. The van der Waals surface area contributed by atoms with Crippen molar-refractivity contribution in [1.29, 1.82) is 0 Å². The molecule has 0 aliphatic heterocycles. The summed E-state index contributed by atoms with van der Waals surface area (Å²) in [7, 11) is 0. The molecule has 3 N–H and O–H groups in total. The Morgan fingerprint density at radius 3 is 2.38 bits per heavy atom. The van der Waals surface area contributed by atoms with E-state index < -0.39 is 23.6 Å². The van der Waals surface area contributed by atoms with E-state index in [1.807, 2.05) is 0 Å². The number of anilines is 1. The molecule has 0 saturated heterocycles. The number of carbonyl (C=O) groups excluding carboxylic acids is 1. The number of hydrogen-bond donors (Lipinski definition) is 3. The van der Waals surface area contributed by atoms with Crippen LogP contribution in [0.3, 0.4) is 0 Å². The topological polar surface area (TPSA) is 95.9 Å². The zero-order valence-corrected chi connectivity index (χ0v) is 12.6. The van der Waals surface area contributed by atoms with E-state index in [2.05, 4.69) is 5.32 Å². The number of phenolic OH excluding ortho intramolecular Hbond substituents is 1. The summed E-state index contributed by atoms with van der Waals surface area (Å²) in [6.07, 6.45) is -0.276. The summed E-state index contributed by atoms with van der Waals surface area (Å²) in [4.78, 5) is 22.7. The first kappa shape index (κ1) is 16.8. The highest BCUT2D eigenvalue weighted by Crippen LogP contribution is 2.31. The van der Waals surface area contributed by atoms with E-state index in [1.165, 1.54) is 18.2 Å². The lowest BCUT2D eigenvalue weighted by atomic mass is 9.95. The molecule has 0 aliphatic rings. The van der Waals surface area contributed by atoms with Gasteiger partial charge in [0.2, 0.25) is 0 Å². The number of phenols is 1. The maximum Gasteiger partial charge on any atom is 0.412 e. The number of aromatic hydroxyl groups is 1. The second kappa shape index (κ2) is 6.47. The van der Waals surface area contributed by atoms with E-state index in [-0.39, 0.29) is 5.75 Å². The molecule has 0 fully saturated rings. The maximum absolute atomic E-state index is 11.6. The van der Waals surface area contributed by atoms with Crippen LogP contribution in [-0.4, -0.2) is 27.9 Å². The summed E-state index contributed by atoms with van der Waals surface area (Å²) < 4.78 is 5.09. The van der Waals surface area contributed by atoms with Gasteiger partial charge in [0.25, 0.3) is 0 Å². The molecule has 0 saturated carbocycles. The van der Waals surface area contributed by atoms with Crippen molar-refractivity contribution >= 4 is 17.7 Å². The number of benzene rings is 1. The molecule has 0 heterocycles. The van der Waals surface area contributed by atoms with Crippen molar-refractivity contribution < 1.29 is 24.5 Å². The largest absolute Gasteiger partial charge is 0.508 e. The molecule has 6 nitrogen and oxygen atoms in total. The van der Waals surface area contributed by atoms with Gasteiger partial charge in [0.1, 0.15) is 11.4 Å². The fourth-order valence-corrected chi connectivity index (χ4v) is 1.87. The predicted octanol–water partition coefficient (Wildman–Crippen LogP) is 3.32. The highest BCUT2D eigenvalue weighted by molar-refractivity contribution is 5.85. The second-order valence-electron chi connectivity index (χ2n) is 5.70. The van der Waals surface area contributed by atoms with E-state index in [4.69, 9.17) is 9.84 Å². The summed E-state index contributed by atoms with van der Waals surface area (Å²) in [5.41, 5.74) is 0.0355. The van der Waals surface area contributed by atoms with E-state index in [1.54, 1.807) is 27.7 Å². The zero-order valence-electron chi connectivity index (χ0n) is 12.6. The SMILES string of the molecule is CCC(C(=O)O)c1ccc(NC(=O)OC(C)(C)C)cc1O. The maximum atomic E-state index is 11.6. The number of carboxylic acid groups (broad SMARTS) is 1. The van der Waals surface area contributed by atoms with Gasteiger partial charge in [-0.05, 0) is 33.3 Å². The molecule has 116 valence electrons. The second-order valence-corrected chi connectivity index (χ2v) is 5.70. The van der Waals surface area contributed by atoms with Crippen molar-refractivity contribution in [2.45, 2.75) is 45.6 Å². The summed E-state index contributed by atoms with van der Waals surface area (Å²) >= 11 is 0. The molecule has 1 atom stereocenters. The van der Waals surface area contributed by atoms with Crippen LogP contribution in [0.2, 0.25) is 0 Å². The standard InChI is InChI=1S/C15H21NO5/c1-5-10(13(18)19)11-7-6-9(8-12(11)17)16-14(20)21-15(2,3)4/h6-8,10,17H,5H2,1-4H3,(H,16,20)(H,18,19). The number of amides is 1. The first-order valence-electron chi connectivity index (χ1n) is 6.69. The summed E-state index contributed by atoms with van der Waals surface area (Å²) in [5.74, 6) is -1.95. The monoisotopic (exact) mass is 295 g/mol. The van der Waals surface area contributed by atoms with Gasteiger partial charge in [0, 0.05) is 17.3 Å².